The van der Waals surface area contributed by atoms with Crippen LogP contribution in [0.15, 0.2) is 36.7 Å². The molecule has 0 aliphatic rings. The summed E-state index contributed by atoms with van der Waals surface area (Å²) in [4.78, 5) is 15.2. The molecule has 0 fully saturated rings. The lowest BCUT2D eigenvalue weighted by Gasteiger charge is -2.10. The summed E-state index contributed by atoms with van der Waals surface area (Å²) in [7, 11) is 1.24. The van der Waals surface area contributed by atoms with E-state index in [-0.39, 0.29) is 0 Å². The molecule has 2 aromatic rings. The van der Waals surface area contributed by atoms with Crippen molar-refractivity contribution < 1.29 is 14.6 Å². The molecule has 4 nitrogen and oxygen atoms in total. The first-order chi connectivity index (χ1) is 7.74. The fourth-order valence-electron chi connectivity index (χ4n) is 1.60. The van der Waals surface area contributed by atoms with Crippen LogP contribution in [-0.4, -0.2) is 23.2 Å². The van der Waals surface area contributed by atoms with E-state index in [2.05, 4.69) is 9.72 Å². The van der Waals surface area contributed by atoms with Crippen LogP contribution in [0.2, 0.25) is 0 Å². The van der Waals surface area contributed by atoms with Crippen molar-refractivity contribution in [3.8, 4) is 0 Å². The van der Waals surface area contributed by atoms with Crippen molar-refractivity contribution in [1.29, 1.82) is 0 Å². The van der Waals surface area contributed by atoms with Crippen LogP contribution in [0, 0.1) is 0 Å². The van der Waals surface area contributed by atoms with E-state index in [1.54, 1.807) is 6.20 Å². The van der Waals surface area contributed by atoms with Crippen LogP contribution in [0.25, 0.3) is 10.8 Å². The second-order valence-corrected chi connectivity index (χ2v) is 3.38. The van der Waals surface area contributed by atoms with E-state index < -0.39 is 12.1 Å². The molecular weight excluding hydrogens is 206 g/mol. The number of hydrogen-bond donors (Lipinski definition) is 1. The van der Waals surface area contributed by atoms with Crippen LogP contribution >= 0.6 is 0 Å². The number of hydrogen-bond acceptors (Lipinski definition) is 4. The summed E-state index contributed by atoms with van der Waals surface area (Å²) < 4.78 is 4.50. The van der Waals surface area contributed by atoms with E-state index in [4.69, 9.17) is 0 Å². The SMILES string of the molecule is COC(=O)C(O)c1cncc2ccccc12. The predicted molar refractivity (Wildman–Crippen MR) is 58.7 cm³/mol. The minimum Gasteiger partial charge on any atom is -0.467 e. The number of carbonyl (C=O) groups excluding carboxylic acids is 1. The van der Waals surface area contributed by atoms with Gasteiger partial charge >= 0.3 is 5.97 Å². The molecule has 0 spiro atoms. The Bertz CT molecular complexity index is 519. The molecule has 4 heteroatoms. The molecular formula is C12H11NO3. The number of benzene rings is 1. The molecule has 1 N–H and O–H groups in total. The van der Waals surface area contributed by atoms with Gasteiger partial charge in [-0.05, 0) is 5.39 Å². The van der Waals surface area contributed by atoms with Crippen molar-refractivity contribution in [2.75, 3.05) is 7.11 Å². The number of ether oxygens (including phenoxy) is 1. The van der Waals surface area contributed by atoms with Crippen molar-refractivity contribution >= 4 is 16.7 Å². The van der Waals surface area contributed by atoms with Gasteiger partial charge in [0.05, 0.1) is 7.11 Å². The van der Waals surface area contributed by atoms with Crippen molar-refractivity contribution in [2.45, 2.75) is 6.10 Å². The average molecular weight is 217 g/mol. The van der Waals surface area contributed by atoms with E-state index in [0.717, 1.165) is 10.8 Å². The van der Waals surface area contributed by atoms with Gasteiger partial charge in [0.15, 0.2) is 6.10 Å². The molecule has 16 heavy (non-hydrogen) atoms. The molecule has 82 valence electrons. The van der Waals surface area contributed by atoms with Crippen LogP contribution in [-0.2, 0) is 9.53 Å². The summed E-state index contributed by atoms with van der Waals surface area (Å²) in [6.07, 6.45) is 1.87. The molecule has 0 amide bonds. The monoisotopic (exact) mass is 217 g/mol. The van der Waals surface area contributed by atoms with E-state index in [1.165, 1.54) is 13.3 Å². The fourth-order valence-corrected chi connectivity index (χ4v) is 1.60. The van der Waals surface area contributed by atoms with Gasteiger partial charge in [0.1, 0.15) is 0 Å². The largest absolute Gasteiger partial charge is 0.467 e. The Hall–Kier alpha value is -1.94. The minimum atomic E-state index is -1.29. The summed E-state index contributed by atoms with van der Waals surface area (Å²) in [5.74, 6) is -0.682. The normalized spacial score (nSPS) is 12.4. The Balaban J connectivity index is 2.56. The fraction of sp³-hybridized carbons (Fsp3) is 0.167. The van der Waals surface area contributed by atoms with Crippen molar-refractivity contribution in [3.05, 3.63) is 42.2 Å². The summed E-state index contributed by atoms with van der Waals surface area (Å²) in [5.41, 5.74) is 0.463. The summed E-state index contributed by atoms with van der Waals surface area (Å²) in [5, 5.41) is 11.5. The minimum absolute atomic E-state index is 0.463. The van der Waals surface area contributed by atoms with Crippen LogP contribution in [0.3, 0.4) is 0 Å². The first-order valence-electron chi connectivity index (χ1n) is 4.82. The van der Waals surface area contributed by atoms with Gasteiger partial charge in [-0.2, -0.15) is 0 Å². The highest BCUT2D eigenvalue weighted by Crippen LogP contribution is 2.23. The van der Waals surface area contributed by atoms with Crippen molar-refractivity contribution in [1.82, 2.24) is 4.98 Å². The van der Waals surface area contributed by atoms with Gasteiger partial charge < -0.3 is 9.84 Å². The van der Waals surface area contributed by atoms with E-state index in [1.807, 2.05) is 24.3 Å². The zero-order valence-corrected chi connectivity index (χ0v) is 8.75. The molecule has 0 saturated heterocycles. The van der Waals surface area contributed by atoms with E-state index >= 15 is 0 Å². The molecule has 0 aliphatic carbocycles. The maximum Gasteiger partial charge on any atom is 0.339 e. The number of fused-ring (bicyclic) bond motifs is 1. The molecule has 1 aromatic carbocycles. The van der Waals surface area contributed by atoms with E-state index in [0.29, 0.717) is 5.56 Å². The third-order valence-corrected chi connectivity index (χ3v) is 2.42. The zero-order chi connectivity index (χ0) is 11.5. The number of nitrogens with zero attached hydrogens (tertiary/aromatic N) is 1. The smallest absolute Gasteiger partial charge is 0.339 e. The van der Waals surface area contributed by atoms with Gasteiger partial charge in [-0.1, -0.05) is 24.3 Å². The number of aliphatic hydroxyl groups excluding tert-OH is 1. The maximum absolute atomic E-state index is 11.3. The number of carbonyl (C=O) groups is 1. The second-order valence-electron chi connectivity index (χ2n) is 3.38. The van der Waals surface area contributed by atoms with Crippen LogP contribution in [0.1, 0.15) is 11.7 Å². The highest BCUT2D eigenvalue weighted by Gasteiger charge is 2.20. The van der Waals surface area contributed by atoms with Crippen molar-refractivity contribution in [2.24, 2.45) is 0 Å². The Morgan fingerprint density at radius 1 is 1.38 bits per heavy atom. The van der Waals surface area contributed by atoms with Gasteiger partial charge in [-0.15, -0.1) is 0 Å². The highest BCUT2D eigenvalue weighted by molar-refractivity contribution is 5.89. The molecule has 0 bridgehead atoms. The second kappa shape index (κ2) is 4.28. The maximum atomic E-state index is 11.3. The number of aromatic nitrogens is 1. The summed E-state index contributed by atoms with van der Waals surface area (Å²) in [6, 6.07) is 7.42. The number of methoxy groups -OCH3 is 1. The Labute approximate surface area is 92.5 Å². The van der Waals surface area contributed by atoms with Gasteiger partial charge in [-0.25, -0.2) is 4.79 Å². The number of pyridine rings is 1. The van der Waals surface area contributed by atoms with Gasteiger partial charge in [-0.3, -0.25) is 4.98 Å². The highest BCUT2D eigenvalue weighted by atomic mass is 16.5. The third kappa shape index (κ3) is 1.75. The molecule has 2 rings (SSSR count). The Kier molecular flexibility index (Phi) is 2.83. The Morgan fingerprint density at radius 2 is 2.12 bits per heavy atom. The predicted octanol–water partition coefficient (Wildman–Crippen LogP) is 1.44. The quantitative estimate of drug-likeness (QED) is 0.773. The van der Waals surface area contributed by atoms with Gasteiger partial charge in [0.2, 0.25) is 0 Å². The number of aliphatic hydroxyl groups is 1. The lowest BCUT2D eigenvalue weighted by molar-refractivity contribution is -0.150. The topological polar surface area (TPSA) is 59.4 Å². The molecule has 1 heterocycles. The molecule has 0 aliphatic heterocycles. The molecule has 0 saturated carbocycles. The first-order valence-corrected chi connectivity index (χ1v) is 4.82. The lowest BCUT2D eigenvalue weighted by Crippen LogP contribution is -2.14. The van der Waals surface area contributed by atoms with Crippen LogP contribution in [0.5, 0.6) is 0 Å². The lowest BCUT2D eigenvalue weighted by atomic mass is 10.0. The average Bonchev–Trinajstić information content (AvgIpc) is 2.36. The molecule has 1 aromatic heterocycles. The van der Waals surface area contributed by atoms with E-state index in [9.17, 15) is 9.90 Å². The first kappa shape index (κ1) is 10.6. The summed E-state index contributed by atoms with van der Waals surface area (Å²) >= 11 is 0. The Morgan fingerprint density at radius 3 is 2.88 bits per heavy atom. The van der Waals surface area contributed by atoms with Gasteiger partial charge in [0.25, 0.3) is 0 Å². The third-order valence-electron chi connectivity index (χ3n) is 2.42. The number of rotatable bonds is 2. The molecule has 1 unspecified atom stereocenters. The van der Waals surface area contributed by atoms with Crippen LogP contribution < -0.4 is 0 Å². The number of esters is 1. The van der Waals surface area contributed by atoms with Crippen molar-refractivity contribution in [3.63, 3.8) is 0 Å². The standard InChI is InChI=1S/C12H11NO3/c1-16-12(15)11(14)10-7-13-6-8-4-2-3-5-9(8)10/h2-7,11,14H,1H3. The molecule has 0 radical (unpaired) electrons. The zero-order valence-electron chi connectivity index (χ0n) is 8.75. The van der Waals surface area contributed by atoms with Crippen LogP contribution in [0.4, 0.5) is 0 Å². The van der Waals surface area contributed by atoms with Gasteiger partial charge in [0, 0.05) is 23.3 Å². The molecule has 1 atom stereocenters. The summed E-state index contributed by atoms with van der Waals surface area (Å²) in [6.45, 7) is 0.